The Hall–Kier alpha value is -5.00. The fourth-order valence-electron chi connectivity index (χ4n) is 4.83. The monoisotopic (exact) mass is 450 g/mol. The molecule has 1 atom stereocenters. The Morgan fingerprint density at radius 1 is 0.943 bits per heavy atom. The molecule has 2 aliphatic heterocycles. The minimum Gasteiger partial charge on any atom is -0.489 e. The normalized spacial score (nSPS) is 15.9. The van der Waals surface area contributed by atoms with E-state index in [1.54, 1.807) is 6.21 Å². The van der Waals surface area contributed by atoms with Crippen molar-refractivity contribution in [3.8, 4) is 29.0 Å². The molecule has 0 saturated heterocycles. The first-order valence-electron chi connectivity index (χ1n) is 11.2. The molecule has 5 nitrogen and oxygen atoms in total. The molecule has 1 aromatic heterocycles. The average molecular weight is 451 g/mol. The molecule has 164 valence electrons. The lowest BCUT2D eigenvalue weighted by Crippen LogP contribution is -2.08. The molecule has 0 N–H and O–H groups in total. The van der Waals surface area contributed by atoms with Crippen molar-refractivity contribution in [2.24, 2.45) is 4.99 Å². The summed E-state index contributed by atoms with van der Waals surface area (Å²) in [5, 5.41) is 20.3. The molecule has 0 spiro atoms. The Labute approximate surface area is 202 Å². The highest BCUT2D eigenvalue weighted by Gasteiger charge is 2.25. The summed E-state index contributed by atoms with van der Waals surface area (Å²) in [5.74, 6) is 0.542. The zero-order valence-electron chi connectivity index (χ0n) is 18.7. The number of benzene rings is 3. The van der Waals surface area contributed by atoms with Gasteiger partial charge >= 0.3 is 0 Å². The van der Waals surface area contributed by atoms with Crippen LogP contribution in [0.1, 0.15) is 33.9 Å². The van der Waals surface area contributed by atoms with Crippen LogP contribution in [0.3, 0.4) is 0 Å². The summed E-state index contributed by atoms with van der Waals surface area (Å²) in [5.41, 5.74) is 8.27. The van der Waals surface area contributed by atoms with Crippen molar-refractivity contribution in [2.45, 2.75) is 12.5 Å². The first kappa shape index (κ1) is 20.6. The summed E-state index contributed by atoms with van der Waals surface area (Å²) < 4.78 is 6.15. The van der Waals surface area contributed by atoms with E-state index in [2.05, 4.69) is 34.8 Å². The summed E-state index contributed by atoms with van der Waals surface area (Å²) in [6, 6.07) is 26.1. The van der Waals surface area contributed by atoms with Crippen molar-refractivity contribution in [3.05, 3.63) is 119 Å². The smallest absolute Gasteiger partial charge is 0.141 e. The van der Waals surface area contributed by atoms with Gasteiger partial charge in [0.2, 0.25) is 0 Å². The summed E-state index contributed by atoms with van der Waals surface area (Å²) in [4.78, 5) is 8.90. The van der Waals surface area contributed by atoms with E-state index < -0.39 is 0 Å². The number of aromatic nitrogens is 1. The van der Waals surface area contributed by atoms with Crippen molar-refractivity contribution in [1.29, 1.82) is 10.5 Å². The lowest BCUT2D eigenvalue weighted by atomic mass is 9.81. The Kier molecular flexibility index (Phi) is 4.76. The number of allylic oxidation sites excluding steroid dienone is 2. The van der Waals surface area contributed by atoms with Gasteiger partial charge < -0.3 is 4.74 Å². The van der Waals surface area contributed by atoms with Gasteiger partial charge in [0.05, 0.1) is 17.1 Å². The van der Waals surface area contributed by atoms with Crippen molar-refractivity contribution >= 4 is 17.1 Å². The molecule has 3 heterocycles. The van der Waals surface area contributed by atoms with Crippen LogP contribution >= 0.6 is 0 Å². The standard InChI is InChI=1S/C30H18N4O/c1-18-15-33-16-28(18)30-20-5-6-22(13-31)23(9-20)17-35-25-4-2-3-19(10-25)26-12-24(14-32)34-29-8-7-21(30)11-27(26)29/h2-12,15-16,30H,1,17H2/t30-/m1/s1. The third-order valence-corrected chi connectivity index (χ3v) is 6.53. The first-order valence-corrected chi connectivity index (χ1v) is 11.2. The minimum absolute atomic E-state index is 0.145. The van der Waals surface area contributed by atoms with Crippen molar-refractivity contribution in [2.75, 3.05) is 0 Å². The third kappa shape index (κ3) is 3.47. The van der Waals surface area contributed by atoms with Crippen molar-refractivity contribution in [3.63, 3.8) is 0 Å². The predicted molar refractivity (Wildman–Crippen MR) is 135 cm³/mol. The number of aliphatic imine (C=N–C) groups is 1. The van der Waals surface area contributed by atoms with Gasteiger partial charge in [-0.2, -0.15) is 10.5 Å². The molecule has 2 aliphatic rings. The lowest BCUT2D eigenvalue weighted by Gasteiger charge is -2.22. The molecular weight excluding hydrogens is 432 g/mol. The van der Waals surface area contributed by atoms with Crippen molar-refractivity contribution in [1.82, 2.24) is 4.98 Å². The maximum Gasteiger partial charge on any atom is 0.141 e. The molecular formula is C30H18N4O. The quantitative estimate of drug-likeness (QED) is 0.346. The number of rotatable bonds is 1. The van der Waals surface area contributed by atoms with E-state index in [4.69, 9.17) is 4.74 Å². The summed E-state index contributed by atoms with van der Waals surface area (Å²) in [6.45, 7) is 4.46. The van der Waals surface area contributed by atoms with Gasteiger partial charge in [0, 0.05) is 29.3 Å². The van der Waals surface area contributed by atoms with Crippen LogP contribution < -0.4 is 4.74 Å². The zero-order valence-corrected chi connectivity index (χ0v) is 18.7. The van der Waals surface area contributed by atoms with Crippen LogP contribution in [0.5, 0.6) is 5.75 Å². The summed E-state index contributed by atoms with van der Waals surface area (Å²) >= 11 is 0. The SMILES string of the molecule is C=C1C=NC=C1[C@@H]1c2ccc(C#N)c(c2)COc2cccc(c2)-c2cc(C#N)nc3ccc1cc23. The Morgan fingerprint density at radius 2 is 1.80 bits per heavy atom. The van der Waals surface area contributed by atoms with E-state index in [0.29, 0.717) is 17.0 Å². The van der Waals surface area contributed by atoms with Crippen LogP contribution in [-0.4, -0.2) is 11.2 Å². The number of ether oxygens (including phenoxy) is 1. The van der Waals surface area contributed by atoms with Crippen LogP contribution in [0.15, 0.2) is 95.6 Å². The molecule has 0 fully saturated rings. The molecule has 3 aromatic carbocycles. The molecule has 0 amide bonds. The second kappa shape index (κ2) is 8.09. The summed E-state index contributed by atoms with van der Waals surface area (Å²) in [6.07, 6.45) is 3.62. The second-order valence-corrected chi connectivity index (χ2v) is 8.61. The molecule has 6 rings (SSSR count). The molecule has 35 heavy (non-hydrogen) atoms. The largest absolute Gasteiger partial charge is 0.489 e. The van der Waals surface area contributed by atoms with E-state index in [9.17, 15) is 10.5 Å². The lowest BCUT2D eigenvalue weighted by molar-refractivity contribution is 0.306. The first-order chi connectivity index (χ1) is 17.1. The van der Waals surface area contributed by atoms with Gasteiger partial charge in [0.1, 0.15) is 24.1 Å². The number of pyridine rings is 1. The fraction of sp³-hybridized carbons (Fsp3) is 0.0667. The average Bonchev–Trinajstić information content (AvgIpc) is 3.32. The highest BCUT2D eigenvalue weighted by Crippen LogP contribution is 2.40. The molecule has 4 aromatic rings. The zero-order chi connectivity index (χ0) is 23.9. The number of fused-ring (bicyclic) bond motifs is 6. The highest BCUT2D eigenvalue weighted by molar-refractivity contribution is 5.96. The van der Waals surface area contributed by atoms with Crippen LogP contribution in [0.4, 0.5) is 0 Å². The number of hydrogen-bond acceptors (Lipinski definition) is 5. The van der Waals surface area contributed by atoms with Crippen LogP contribution in [0, 0.1) is 22.7 Å². The fourth-order valence-corrected chi connectivity index (χ4v) is 4.83. The Bertz CT molecular complexity index is 1700. The predicted octanol–water partition coefficient (Wildman–Crippen LogP) is 6.19. The molecule has 0 aliphatic carbocycles. The van der Waals surface area contributed by atoms with E-state index >= 15 is 0 Å². The van der Waals surface area contributed by atoms with Gasteiger partial charge in [-0.3, -0.25) is 4.99 Å². The van der Waals surface area contributed by atoms with Crippen LogP contribution in [-0.2, 0) is 6.61 Å². The summed E-state index contributed by atoms with van der Waals surface area (Å²) in [7, 11) is 0. The number of nitriles is 2. The topological polar surface area (TPSA) is 82.1 Å². The van der Waals surface area contributed by atoms with Gasteiger partial charge in [0.15, 0.2) is 0 Å². The van der Waals surface area contributed by atoms with Gasteiger partial charge in [-0.25, -0.2) is 4.98 Å². The van der Waals surface area contributed by atoms with Gasteiger partial charge in [0.25, 0.3) is 0 Å². The molecule has 5 heteroatoms. The van der Waals surface area contributed by atoms with E-state index in [1.165, 1.54) is 0 Å². The van der Waals surface area contributed by atoms with Gasteiger partial charge in [-0.05, 0) is 69.8 Å². The maximum atomic E-state index is 9.72. The van der Waals surface area contributed by atoms with E-state index in [0.717, 1.165) is 49.9 Å². The number of hydrogen-bond donors (Lipinski definition) is 0. The van der Waals surface area contributed by atoms with E-state index in [1.807, 2.05) is 66.9 Å². The Balaban J connectivity index is 1.69. The Morgan fingerprint density at radius 3 is 2.60 bits per heavy atom. The second-order valence-electron chi connectivity index (χ2n) is 8.61. The van der Waals surface area contributed by atoms with Gasteiger partial charge in [-0.15, -0.1) is 0 Å². The molecule has 0 radical (unpaired) electrons. The van der Waals surface area contributed by atoms with Crippen LogP contribution in [0.25, 0.3) is 22.0 Å². The van der Waals surface area contributed by atoms with E-state index in [-0.39, 0.29) is 12.5 Å². The van der Waals surface area contributed by atoms with Gasteiger partial charge in [-0.1, -0.05) is 36.9 Å². The minimum atomic E-state index is -0.145. The molecule has 0 unspecified atom stereocenters. The maximum absolute atomic E-state index is 9.72. The molecule has 0 saturated carbocycles. The molecule has 6 bridgehead atoms. The number of nitrogens with zero attached hydrogens (tertiary/aromatic N) is 4. The van der Waals surface area contributed by atoms with Crippen molar-refractivity contribution < 1.29 is 4.74 Å². The third-order valence-electron chi connectivity index (χ3n) is 6.53. The highest BCUT2D eigenvalue weighted by atomic mass is 16.5. The van der Waals surface area contributed by atoms with Crippen LogP contribution in [0.2, 0.25) is 0 Å².